The van der Waals surface area contributed by atoms with Crippen LogP contribution >= 0.6 is 0 Å². The first-order valence-electron chi connectivity index (χ1n) is 11.3. The third-order valence-electron chi connectivity index (χ3n) is 6.70. The lowest BCUT2D eigenvalue weighted by Crippen LogP contribution is -2.73. The normalized spacial score (nSPS) is 12.0. The maximum Gasteiger partial charge on any atom is 0.200 e. The molecule has 0 aliphatic heterocycles. The van der Waals surface area contributed by atoms with Crippen molar-refractivity contribution in [3.63, 3.8) is 0 Å². The number of hydrogen-bond donors (Lipinski definition) is 0. The summed E-state index contributed by atoms with van der Waals surface area (Å²) in [5.74, 6) is -44.6. The van der Waals surface area contributed by atoms with Gasteiger partial charge in [0.2, 0.25) is 0 Å². The maximum absolute atomic E-state index is 15.2. The third kappa shape index (κ3) is 4.48. The zero-order chi connectivity index (χ0) is 30.4. The summed E-state index contributed by atoms with van der Waals surface area (Å²) in [6.45, 7) is 1.55. The first kappa shape index (κ1) is 31.2. The van der Waals surface area contributed by atoms with E-state index in [-0.39, 0.29) is 12.8 Å². The highest BCUT2D eigenvalue weighted by molar-refractivity contribution is 7.11. The first-order chi connectivity index (χ1) is 18.6. The number of halogens is 15. The number of unbranched alkanes of at least 4 members (excludes halogenated alkanes) is 3. The Morgan fingerprint density at radius 1 is 0.325 bits per heavy atom. The number of benzene rings is 3. The molecule has 40 heavy (non-hydrogen) atoms. The predicted octanol–water partition coefficient (Wildman–Crippen LogP) is 6.82. The largest absolute Gasteiger partial charge is 0.207 e. The van der Waals surface area contributed by atoms with Crippen LogP contribution < -0.4 is 16.4 Å². The van der Waals surface area contributed by atoms with E-state index in [0.29, 0.717) is 6.42 Å². The molecular weight excluding hydrogens is 584 g/mol. The van der Waals surface area contributed by atoms with E-state index in [1.807, 2.05) is 0 Å². The Labute approximate surface area is 215 Å². The fourth-order valence-corrected chi connectivity index (χ4v) is 4.91. The molecule has 0 aliphatic carbocycles. The average molecular weight is 597 g/mol. The highest BCUT2D eigenvalue weighted by atomic mass is 19.2. The van der Waals surface area contributed by atoms with E-state index in [9.17, 15) is 39.5 Å². The molecule has 0 amide bonds. The van der Waals surface area contributed by atoms with E-state index >= 15 is 26.3 Å². The molecule has 0 saturated carbocycles. The van der Waals surface area contributed by atoms with Gasteiger partial charge in [-0.05, 0) is 0 Å². The zero-order valence-electron chi connectivity index (χ0n) is 19.8. The minimum absolute atomic E-state index is 0.122. The van der Waals surface area contributed by atoms with Gasteiger partial charge in [-0.2, -0.15) is 6.32 Å². The summed E-state index contributed by atoms with van der Waals surface area (Å²) < 4.78 is 219. The number of rotatable bonds is 8. The molecule has 0 atom stereocenters. The van der Waals surface area contributed by atoms with E-state index in [4.69, 9.17) is 0 Å². The summed E-state index contributed by atoms with van der Waals surface area (Å²) in [7, 11) is 0. The fourth-order valence-electron chi connectivity index (χ4n) is 4.91. The minimum atomic E-state index is -5.43. The molecule has 0 N–H and O–H groups in total. The molecule has 3 aromatic rings. The molecule has 0 aliphatic rings. The van der Waals surface area contributed by atoms with Crippen molar-refractivity contribution < 1.29 is 65.9 Å². The van der Waals surface area contributed by atoms with Crippen LogP contribution in [-0.4, -0.2) is 6.15 Å². The molecule has 0 bridgehead atoms. The van der Waals surface area contributed by atoms with Crippen molar-refractivity contribution in [3.8, 4) is 0 Å². The molecule has 0 fully saturated rings. The van der Waals surface area contributed by atoms with Crippen LogP contribution in [0.2, 0.25) is 6.32 Å². The van der Waals surface area contributed by atoms with Crippen LogP contribution in [0.3, 0.4) is 0 Å². The van der Waals surface area contributed by atoms with Crippen LogP contribution in [0.25, 0.3) is 0 Å². The summed E-state index contributed by atoms with van der Waals surface area (Å²) in [4.78, 5) is 0. The summed E-state index contributed by atoms with van der Waals surface area (Å²) in [5, 5.41) is 0. The molecule has 0 saturated heterocycles. The summed E-state index contributed by atoms with van der Waals surface area (Å²) in [6, 6.07) is 0. The van der Waals surface area contributed by atoms with Crippen molar-refractivity contribution in [1.82, 2.24) is 0 Å². The smallest absolute Gasteiger partial charge is 0.200 e. The Morgan fingerprint density at radius 3 is 0.775 bits per heavy atom. The van der Waals surface area contributed by atoms with E-state index < -0.39 is 123 Å². The Hall–Kier alpha value is -3.33. The van der Waals surface area contributed by atoms with Gasteiger partial charge in [0.25, 0.3) is 0 Å². The van der Waals surface area contributed by atoms with Gasteiger partial charge in [0.15, 0.2) is 52.4 Å². The van der Waals surface area contributed by atoms with Gasteiger partial charge in [-0.25, -0.2) is 65.9 Å². The molecule has 0 nitrogen and oxygen atoms in total. The van der Waals surface area contributed by atoms with Crippen molar-refractivity contribution >= 4 is 22.5 Å². The SMILES string of the molecule is CCCCCC[B-](c1c(F)c(F)c(F)c(F)c1F)(c1c(F)c(F)c(F)c(F)c1F)c1c(F)c(F)c(F)c(F)c1F. The molecule has 3 aromatic carbocycles. The minimum Gasteiger partial charge on any atom is -0.207 e. The second-order valence-electron chi connectivity index (χ2n) is 8.85. The van der Waals surface area contributed by atoms with Gasteiger partial charge in [0.05, 0.1) is 0 Å². The Bertz CT molecular complexity index is 1250. The van der Waals surface area contributed by atoms with Crippen LogP contribution in [0.1, 0.15) is 32.6 Å². The third-order valence-corrected chi connectivity index (χ3v) is 6.70. The van der Waals surface area contributed by atoms with Crippen molar-refractivity contribution in [2.24, 2.45) is 0 Å². The second kappa shape index (κ2) is 11.3. The molecule has 0 radical (unpaired) electrons. The second-order valence-corrected chi connectivity index (χ2v) is 8.85. The Balaban J connectivity index is 2.80. The van der Waals surface area contributed by atoms with Crippen molar-refractivity contribution in [2.75, 3.05) is 0 Å². The summed E-state index contributed by atoms with van der Waals surface area (Å²) >= 11 is 0. The maximum atomic E-state index is 15.2. The molecule has 0 spiro atoms. The standard InChI is InChI=1S/C24H13BF15/c1-2-3-4-5-6-25(7-10(26)16(32)22(38)17(33)11(7)27,8-12(28)18(34)23(39)19(35)13(8)29)9-14(30)20(36)24(40)21(37)15(9)31/h2-6H2,1H3/q-1. The van der Waals surface area contributed by atoms with Crippen molar-refractivity contribution in [2.45, 2.75) is 38.9 Å². The van der Waals surface area contributed by atoms with E-state index in [1.165, 1.54) is 0 Å². The van der Waals surface area contributed by atoms with Crippen LogP contribution in [0.4, 0.5) is 65.9 Å². The van der Waals surface area contributed by atoms with Crippen LogP contribution in [0, 0.1) is 87.3 Å². The van der Waals surface area contributed by atoms with Gasteiger partial charge in [0.1, 0.15) is 41.0 Å². The van der Waals surface area contributed by atoms with Gasteiger partial charge >= 0.3 is 0 Å². The molecule has 218 valence electrons. The van der Waals surface area contributed by atoms with Crippen LogP contribution in [0.5, 0.6) is 0 Å². The molecule has 0 unspecified atom stereocenters. The topological polar surface area (TPSA) is 0 Å². The van der Waals surface area contributed by atoms with Crippen molar-refractivity contribution in [1.29, 1.82) is 0 Å². The molecule has 0 aromatic heterocycles. The quantitative estimate of drug-likeness (QED) is 0.0880. The Morgan fingerprint density at radius 2 is 0.550 bits per heavy atom. The highest BCUT2D eigenvalue weighted by Gasteiger charge is 2.47. The summed E-state index contributed by atoms with van der Waals surface area (Å²) in [5.41, 5.74) is -7.67. The van der Waals surface area contributed by atoms with E-state index in [0.717, 1.165) is 0 Å². The van der Waals surface area contributed by atoms with Gasteiger partial charge in [-0.15, -0.1) is 16.4 Å². The lowest BCUT2D eigenvalue weighted by molar-refractivity contribution is 0.379. The van der Waals surface area contributed by atoms with Crippen LogP contribution in [-0.2, 0) is 0 Å². The van der Waals surface area contributed by atoms with Gasteiger partial charge in [-0.1, -0.05) is 32.6 Å². The molecule has 0 heterocycles. The molecule has 3 rings (SSSR count). The monoisotopic (exact) mass is 597 g/mol. The lowest BCUT2D eigenvalue weighted by Gasteiger charge is -2.44. The summed E-state index contributed by atoms with van der Waals surface area (Å²) in [6.07, 6.45) is -7.58. The van der Waals surface area contributed by atoms with Gasteiger partial charge < -0.3 is 0 Å². The van der Waals surface area contributed by atoms with Gasteiger partial charge in [0, 0.05) is 0 Å². The van der Waals surface area contributed by atoms with E-state index in [2.05, 4.69) is 0 Å². The molecule has 16 heteroatoms. The fraction of sp³-hybridized carbons (Fsp3) is 0.250. The Kier molecular flexibility index (Phi) is 8.80. The zero-order valence-corrected chi connectivity index (χ0v) is 19.8. The highest BCUT2D eigenvalue weighted by Crippen LogP contribution is 2.31. The first-order valence-corrected chi connectivity index (χ1v) is 11.3. The lowest BCUT2D eigenvalue weighted by atomic mass is 9.13. The number of hydrogen-bond acceptors (Lipinski definition) is 0. The van der Waals surface area contributed by atoms with Crippen LogP contribution in [0.15, 0.2) is 0 Å². The predicted molar refractivity (Wildman–Crippen MR) is 112 cm³/mol. The van der Waals surface area contributed by atoms with Crippen molar-refractivity contribution in [3.05, 3.63) is 87.3 Å². The van der Waals surface area contributed by atoms with Gasteiger partial charge in [-0.3, -0.25) is 0 Å². The average Bonchev–Trinajstić information content (AvgIpc) is 2.93. The van der Waals surface area contributed by atoms with E-state index in [1.54, 1.807) is 6.92 Å². The molecular formula is C24H13BF15-.